The Labute approximate surface area is 106 Å². The van der Waals surface area contributed by atoms with Crippen molar-refractivity contribution in [3.63, 3.8) is 0 Å². The molecular formula is C13H12NO3S. The molecule has 0 amide bonds. The van der Waals surface area contributed by atoms with Gasteiger partial charge in [-0.25, -0.2) is 8.42 Å². The van der Waals surface area contributed by atoms with Crippen molar-refractivity contribution in [1.82, 2.24) is 0 Å². The number of nitrogens with one attached hydrogen (secondary N) is 1. The number of rotatable bonds is 4. The summed E-state index contributed by atoms with van der Waals surface area (Å²) in [6.45, 7) is 0. The molecular weight excluding hydrogens is 250 g/mol. The van der Waals surface area contributed by atoms with Crippen molar-refractivity contribution in [2.24, 2.45) is 0 Å². The molecule has 5 heteroatoms. The van der Waals surface area contributed by atoms with Crippen molar-refractivity contribution in [1.29, 1.82) is 0 Å². The highest BCUT2D eigenvalue weighted by atomic mass is 32.2. The van der Waals surface area contributed by atoms with Crippen LogP contribution in [0.3, 0.4) is 0 Å². The number of para-hydroxylation sites is 1. The molecule has 0 saturated carbocycles. The lowest BCUT2D eigenvalue weighted by molar-refractivity contribution is 0.414. The van der Waals surface area contributed by atoms with E-state index in [2.05, 4.69) is 10.8 Å². The van der Waals surface area contributed by atoms with Crippen LogP contribution in [-0.2, 0) is 10.0 Å². The van der Waals surface area contributed by atoms with Gasteiger partial charge in [0, 0.05) is 6.07 Å². The maximum atomic E-state index is 12.0. The first-order valence-electron chi connectivity index (χ1n) is 5.25. The lowest BCUT2D eigenvalue weighted by Crippen LogP contribution is -2.12. The normalized spacial score (nSPS) is 10.9. The van der Waals surface area contributed by atoms with Gasteiger partial charge in [-0.05, 0) is 30.3 Å². The molecule has 0 heterocycles. The maximum absolute atomic E-state index is 12.0. The van der Waals surface area contributed by atoms with Crippen LogP contribution in [0, 0.1) is 6.07 Å². The Morgan fingerprint density at radius 2 is 1.83 bits per heavy atom. The van der Waals surface area contributed by atoms with Crippen molar-refractivity contribution in [3.8, 4) is 5.75 Å². The lowest BCUT2D eigenvalue weighted by atomic mass is 10.3. The van der Waals surface area contributed by atoms with Gasteiger partial charge in [0.05, 0.1) is 17.7 Å². The summed E-state index contributed by atoms with van der Waals surface area (Å²) < 4.78 is 31.5. The molecule has 0 fully saturated rings. The lowest BCUT2D eigenvalue weighted by Gasteiger charge is -2.08. The number of sulfonamides is 1. The Balaban J connectivity index is 2.25. The molecule has 0 spiro atoms. The minimum Gasteiger partial charge on any atom is -0.497 e. The molecule has 1 N–H and O–H groups in total. The van der Waals surface area contributed by atoms with Crippen molar-refractivity contribution in [2.45, 2.75) is 4.90 Å². The minimum atomic E-state index is -3.58. The zero-order chi connectivity index (χ0) is 13.0. The van der Waals surface area contributed by atoms with E-state index in [9.17, 15) is 8.42 Å². The van der Waals surface area contributed by atoms with Gasteiger partial charge in [-0.2, -0.15) is 0 Å². The Morgan fingerprint density at radius 1 is 1.11 bits per heavy atom. The van der Waals surface area contributed by atoms with Crippen LogP contribution in [0.15, 0.2) is 53.4 Å². The van der Waals surface area contributed by atoms with Gasteiger partial charge in [0.25, 0.3) is 10.0 Å². The topological polar surface area (TPSA) is 55.4 Å². The zero-order valence-electron chi connectivity index (χ0n) is 9.75. The summed E-state index contributed by atoms with van der Waals surface area (Å²) in [5.74, 6) is 0.611. The van der Waals surface area contributed by atoms with Gasteiger partial charge < -0.3 is 4.74 Å². The van der Waals surface area contributed by atoms with Gasteiger partial charge in [-0.3, -0.25) is 4.72 Å². The van der Waals surface area contributed by atoms with E-state index in [0.29, 0.717) is 11.4 Å². The molecule has 4 nitrogen and oxygen atoms in total. The van der Waals surface area contributed by atoms with Crippen LogP contribution < -0.4 is 9.46 Å². The molecule has 0 bridgehead atoms. The second kappa shape index (κ2) is 5.10. The van der Waals surface area contributed by atoms with Crippen LogP contribution in [0.1, 0.15) is 0 Å². The number of anilines is 1. The van der Waals surface area contributed by atoms with Gasteiger partial charge in [0.15, 0.2) is 0 Å². The Bertz CT molecular complexity index is 606. The smallest absolute Gasteiger partial charge is 0.261 e. The fourth-order valence-corrected chi connectivity index (χ4v) is 2.44. The van der Waals surface area contributed by atoms with Gasteiger partial charge in [-0.15, -0.1) is 0 Å². The molecule has 18 heavy (non-hydrogen) atoms. The second-order valence-corrected chi connectivity index (χ2v) is 5.24. The van der Waals surface area contributed by atoms with E-state index < -0.39 is 10.0 Å². The van der Waals surface area contributed by atoms with Crippen molar-refractivity contribution >= 4 is 15.7 Å². The Kier molecular flexibility index (Phi) is 3.53. The second-order valence-electron chi connectivity index (χ2n) is 3.56. The van der Waals surface area contributed by atoms with E-state index in [1.54, 1.807) is 36.4 Å². The van der Waals surface area contributed by atoms with Crippen LogP contribution in [-0.4, -0.2) is 15.5 Å². The molecule has 2 rings (SSSR count). The number of hydrogen-bond donors (Lipinski definition) is 1. The Morgan fingerprint density at radius 3 is 2.39 bits per heavy atom. The van der Waals surface area contributed by atoms with Crippen molar-refractivity contribution < 1.29 is 13.2 Å². The summed E-state index contributed by atoms with van der Waals surface area (Å²) >= 11 is 0. The molecule has 0 saturated heterocycles. The highest BCUT2D eigenvalue weighted by molar-refractivity contribution is 7.92. The minimum absolute atomic E-state index is 0.181. The fourth-order valence-electron chi connectivity index (χ4n) is 1.42. The molecule has 1 radical (unpaired) electrons. The van der Waals surface area contributed by atoms with Crippen molar-refractivity contribution in [2.75, 3.05) is 11.8 Å². The molecule has 0 aliphatic rings. The number of benzene rings is 2. The van der Waals surface area contributed by atoms with E-state index >= 15 is 0 Å². The standard InChI is InChI=1S/C13H12NO3S/c1-17-12-7-9-13(10-8-12)18(15,16)14-11-5-3-2-4-6-11/h2-5,7-10,14H,1H3. The first kappa shape index (κ1) is 12.4. The summed E-state index contributed by atoms with van der Waals surface area (Å²) in [6, 6.07) is 15.8. The number of methoxy groups -OCH3 is 1. The van der Waals surface area contributed by atoms with E-state index in [0.717, 1.165) is 0 Å². The molecule has 0 unspecified atom stereocenters. The van der Waals surface area contributed by atoms with Crippen molar-refractivity contribution in [3.05, 3.63) is 54.6 Å². The number of hydrogen-bond acceptors (Lipinski definition) is 3. The summed E-state index contributed by atoms with van der Waals surface area (Å²) in [7, 11) is -2.05. The highest BCUT2D eigenvalue weighted by Gasteiger charge is 2.13. The average molecular weight is 262 g/mol. The van der Waals surface area contributed by atoms with Crippen LogP contribution >= 0.6 is 0 Å². The first-order valence-corrected chi connectivity index (χ1v) is 6.74. The molecule has 0 aliphatic heterocycles. The van der Waals surface area contributed by atoms with Crippen LogP contribution in [0.2, 0.25) is 0 Å². The summed E-state index contributed by atoms with van der Waals surface area (Å²) in [5.41, 5.74) is 0.410. The summed E-state index contributed by atoms with van der Waals surface area (Å²) in [6.07, 6.45) is 0. The predicted molar refractivity (Wildman–Crippen MR) is 69.1 cm³/mol. The van der Waals surface area contributed by atoms with E-state index in [-0.39, 0.29) is 4.90 Å². The first-order chi connectivity index (χ1) is 8.62. The van der Waals surface area contributed by atoms with Crippen LogP contribution in [0.4, 0.5) is 5.69 Å². The molecule has 0 aromatic heterocycles. The van der Waals surface area contributed by atoms with Gasteiger partial charge in [-0.1, -0.05) is 18.2 Å². The molecule has 2 aromatic carbocycles. The molecule has 0 atom stereocenters. The Hall–Kier alpha value is -2.01. The monoisotopic (exact) mass is 262 g/mol. The largest absolute Gasteiger partial charge is 0.497 e. The third-order valence-electron chi connectivity index (χ3n) is 2.32. The average Bonchev–Trinajstić information content (AvgIpc) is 2.39. The third kappa shape index (κ3) is 2.81. The fraction of sp³-hybridized carbons (Fsp3) is 0.0769. The quantitative estimate of drug-likeness (QED) is 0.919. The number of ether oxygens (including phenoxy) is 1. The van der Waals surface area contributed by atoms with E-state index in [1.807, 2.05) is 0 Å². The van der Waals surface area contributed by atoms with Gasteiger partial charge in [0.2, 0.25) is 0 Å². The van der Waals surface area contributed by atoms with Gasteiger partial charge >= 0.3 is 0 Å². The molecule has 2 aromatic rings. The van der Waals surface area contributed by atoms with Crippen LogP contribution in [0.5, 0.6) is 5.75 Å². The summed E-state index contributed by atoms with van der Waals surface area (Å²) in [4.78, 5) is 0.181. The van der Waals surface area contributed by atoms with E-state index in [4.69, 9.17) is 4.74 Å². The third-order valence-corrected chi connectivity index (χ3v) is 3.70. The van der Waals surface area contributed by atoms with Gasteiger partial charge in [0.1, 0.15) is 5.75 Å². The summed E-state index contributed by atoms with van der Waals surface area (Å²) in [5, 5.41) is 0. The van der Waals surface area contributed by atoms with E-state index in [1.165, 1.54) is 19.2 Å². The maximum Gasteiger partial charge on any atom is 0.261 e. The predicted octanol–water partition coefficient (Wildman–Crippen LogP) is 2.30. The zero-order valence-corrected chi connectivity index (χ0v) is 10.6. The SMILES string of the molecule is COc1ccc(S(=O)(=O)Nc2[c]cccc2)cc1. The highest BCUT2D eigenvalue weighted by Crippen LogP contribution is 2.18. The molecule has 93 valence electrons. The van der Waals surface area contributed by atoms with Crippen LogP contribution in [0.25, 0.3) is 0 Å². The molecule has 0 aliphatic carbocycles.